The first-order valence-corrected chi connectivity index (χ1v) is 15.0. The Kier molecular flexibility index (Phi) is 7.79. The first-order valence-electron chi connectivity index (χ1n) is 12.7. The molecule has 0 N–H and O–H groups in total. The molecule has 1 atom stereocenters. The Bertz CT molecular complexity index is 1610. The number of thiazole rings is 1. The van der Waals surface area contributed by atoms with Gasteiger partial charge in [0.15, 0.2) is 0 Å². The van der Waals surface area contributed by atoms with E-state index in [4.69, 9.17) is 4.74 Å². The van der Waals surface area contributed by atoms with Gasteiger partial charge in [0, 0.05) is 18.7 Å². The number of aryl methyl sites for hydroxylation is 1. The molecule has 0 spiro atoms. The highest BCUT2D eigenvalue weighted by Crippen LogP contribution is 2.31. The van der Waals surface area contributed by atoms with E-state index < -0.39 is 15.9 Å². The number of amides is 1. The third-order valence-electron chi connectivity index (χ3n) is 6.70. The van der Waals surface area contributed by atoms with Gasteiger partial charge in [-0.15, -0.1) is 0 Å². The number of anilines is 1. The van der Waals surface area contributed by atoms with Crippen LogP contribution < -0.4 is 9.75 Å². The molecule has 39 heavy (non-hydrogen) atoms. The summed E-state index contributed by atoms with van der Waals surface area (Å²) >= 11 is 1.37. The lowest BCUT2D eigenvalue weighted by Gasteiger charge is -2.30. The summed E-state index contributed by atoms with van der Waals surface area (Å²) in [6.45, 7) is 5.09. The summed E-state index contributed by atoms with van der Waals surface area (Å²) in [7, 11) is -2.03. The second-order valence-corrected chi connectivity index (χ2v) is 12.7. The van der Waals surface area contributed by atoms with Gasteiger partial charge in [0.2, 0.25) is 15.2 Å². The smallest absolute Gasteiger partial charge is 0.280 e. The number of ether oxygens (including phenoxy) is 1. The average Bonchev–Trinajstić information content (AvgIpc) is 3.36. The van der Waals surface area contributed by atoms with E-state index in [2.05, 4.69) is 17.0 Å². The van der Waals surface area contributed by atoms with Gasteiger partial charge < -0.3 is 4.74 Å². The highest BCUT2D eigenvalue weighted by Gasteiger charge is 2.29. The second-order valence-electron chi connectivity index (χ2n) is 9.74. The maximum Gasteiger partial charge on any atom is 0.280 e. The van der Waals surface area contributed by atoms with Crippen LogP contribution in [-0.4, -0.2) is 50.0 Å². The number of fused-ring (bicyclic) bond motifs is 1. The lowest BCUT2D eigenvalue weighted by Crippen LogP contribution is -2.39. The third kappa shape index (κ3) is 5.88. The van der Waals surface area contributed by atoms with Crippen molar-refractivity contribution in [2.75, 3.05) is 25.2 Å². The molecule has 1 fully saturated rings. The van der Waals surface area contributed by atoms with Crippen molar-refractivity contribution in [3.8, 4) is 5.75 Å². The Hall–Kier alpha value is -3.60. The van der Waals surface area contributed by atoms with Crippen LogP contribution in [0.25, 0.3) is 10.2 Å². The van der Waals surface area contributed by atoms with E-state index in [1.54, 1.807) is 13.3 Å². The molecular formula is C29H30N4O4S2. The van der Waals surface area contributed by atoms with Gasteiger partial charge in [-0.2, -0.15) is 14.4 Å². The van der Waals surface area contributed by atoms with Crippen LogP contribution in [0, 0.1) is 12.8 Å². The van der Waals surface area contributed by atoms with Crippen molar-refractivity contribution in [3.05, 3.63) is 83.4 Å². The quantitative estimate of drug-likeness (QED) is 0.212. The molecule has 1 aromatic heterocycles. The molecule has 0 bridgehead atoms. The number of methoxy groups -OCH3 is 1. The first-order chi connectivity index (χ1) is 18.7. The maximum absolute atomic E-state index is 13.7. The van der Waals surface area contributed by atoms with Crippen molar-refractivity contribution in [2.24, 2.45) is 11.0 Å². The molecule has 3 aromatic carbocycles. The van der Waals surface area contributed by atoms with Crippen molar-refractivity contribution >= 4 is 48.8 Å². The number of nitrogens with zero attached hydrogens (tertiary/aromatic N) is 4. The summed E-state index contributed by atoms with van der Waals surface area (Å²) in [5.41, 5.74) is 2.96. The standard InChI is InChI=1S/C29H30N4O4S2/c1-20-6-15-26-27(17-20)38-29(31-26)33(30-18-22-7-11-24(37-3)12-8-22)28(34)23-9-13-25(14-10-23)39(35,36)32-16-4-5-21(2)19-32/h6-15,17-18,21H,4-5,16,19H2,1-3H3/b30-18+. The van der Waals surface area contributed by atoms with E-state index in [0.717, 1.165) is 39.9 Å². The molecule has 0 aliphatic carbocycles. The lowest BCUT2D eigenvalue weighted by molar-refractivity contribution is 0.0987. The predicted molar refractivity (Wildman–Crippen MR) is 155 cm³/mol. The number of hydrogen-bond acceptors (Lipinski definition) is 7. The largest absolute Gasteiger partial charge is 0.497 e. The average molecular weight is 563 g/mol. The van der Waals surface area contributed by atoms with Crippen molar-refractivity contribution in [3.63, 3.8) is 0 Å². The summed E-state index contributed by atoms with van der Waals surface area (Å²) in [5.74, 6) is 0.630. The normalized spacial score (nSPS) is 16.5. The fourth-order valence-corrected chi connectivity index (χ4v) is 7.14. The van der Waals surface area contributed by atoms with Crippen LogP contribution in [0.2, 0.25) is 0 Å². The molecule has 5 rings (SSSR count). The van der Waals surface area contributed by atoms with E-state index in [0.29, 0.717) is 29.7 Å². The number of rotatable bonds is 7. The van der Waals surface area contributed by atoms with Crippen molar-refractivity contribution in [2.45, 2.75) is 31.6 Å². The van der Waals surface area contributed by atoms with Crippen LogP contribution in [0.3, 0.4) is 0 Å². The predicted octanol–water partition coefficient (Wildman–Crippen LogP) is 5.71. The Morgan fingerprint density at radius 2 is 1.87 bits per heavy atom. The van der Waals surface area contributed by atoms with Gasteiger partial charge in [-0.1, -0.05) is 24.3 Å². The number of benzene rings is 3. The van der Waals surface area contributed by atoms with Gasteiger partial charge in [0.25, 0.3) is 5.91 Å². The number of piperidine rings is 1. The summed E-state index contributed by atoms with van der Waals surface area (Å²) in [6.07, 6.45) is 3.46. The Morgan fingerprint density at radius 1 is 1.13 bits per heavy atom. The first kappa shape index (κ1) is 27.0. The topological polar surface area (TPSA) is 92.2 Å². The Labute approximate surface area is 232 Å². The molecule has 1 aliphatic heterocycles. The summed E-state index contributed by atoms with van der Waals surface area (Å²) in [4.78, 5) is 18.5. The van der Waals surface area contributed by atoms with Gasteiger partial charge in [0.05, 0.1) is 28.4 Å². The molecule has 2 heterocycles. The molecule has 8 nitrogen and oxygen atoms in total. The number of hydrogen-bond donors (Lipinski definition) is 0. The molecule has 10 heteroatoms. The van der Waals surface area contributed by atoms with Gasteiger partial charge in [-0.3, -0.25) is 4.79 Å². The van der Waals surface area contributed by atoms with E-state index in [-0.39, 0.29) is 4.90 Å². The molecule has 1 unspecified atom stereocenters. The zero-order chi connectivity index (χ0) is 27.6. The zero-order valence-corrected chi connectivity index (χ0v) is 23.7. The highest BCUT2D eigenvalue weighted by atomic mass is 32.2. The molecule has 202 valence electrons. The Balaban J connectivity index is 1.46. The molecule has 4 aromatic rings. The number of sulfonamides is 1. The van der Waals surface area contributed by atoms with Crippen LogP contribution in [0.1, 0.15) is 41.3 Å². The molecule has 0 radical (unpaired) electrons. The lowest BCUT2D eigenvalue weighted by atomic mass is 10.0. The fraction of sp³-hybridized carbons (Fsp3) is 0.276. The minimum absolute atomic E-state index is 0.178. The van der Waals surface area contributed by atoms with Gasteiger partial charge in [-0.25, -0.2) is 13.4 Å². The molecule has 0 saturated carbocycles. The zero-order valence-electron chi connectivity index (χ0n) is 22.1. The Morgan fingerprint density at radius 3 is 2.56 bits per heavy atom. The molecule has 1 aliphatic rings. The van der Waals surface area contributed by atoms with Crippen LogP contribution in [0.15, 0.2) is 76.7 Å². The highest BCUT2D eigenvalue weighted by molar-refractivity contribution is 7.89. The monoisotopic (exact) mass is 562 g/mol. The summed E-state index contributed by atoms with van der Waals surface area (Å²) in [6, 6.07) is 19.3. The summed E-state index contributed by atoms with van der Waals surface area (Å²) < 4.78 is 34.1. The van der Waals surface area contributed by atoms with E-state index in [1.807, 2.05) is 49.4 Å². The van der Waals surface area contributed by atoms with Crippen molar-refractivity contribution < 1.29 is 17.9 Å². The van der Waals surface area contributed by atoms with Crippen LogP contribution in [-0.2, 0) is 10.0 Å². The number of carbonyl (C=O) groups is 1. The van der Waals surface area contributed by atoms with Crippen LogP contribution in [0.5, 0.6) is 5.75 Å². The van der Waals surface area contributed by atoms with E-state index >= 15 is 0 Å². The number of carbonyl (C=O) groups excluding carboxylic acids is 1. The van der Waals surface area contributed by atoms with Gasteiger partial charge >= 0.3 is 0 Å². The minimum Gasteiger partial charge on any atom is -0.497 e. The molecule has 1 amide bonds. The maximum atomic E-state index is 13.7. The van der Waals surface area contributed by atoms with E-state index in [9.17, 15) is 13.2 Å². The number of hydrazone groups is 1. The molecular weight excluding hydrogens is 532 g/mol. The van der Waals surface area contributed by atoms with Crippen molar-refractivity contribution in [1.82, 2.24) is 9.29 Å². The second kappa shape index (κ2) is 11.3. The van der Waals surface area contributed by atoms with Crippen molar-refractivity contribution in [1.29, 1.82) is 0 Å². The summed E-state index contributed by atoms with van der Waals surface area (Å²) in [5, 5.41) is 6.19. The SMILES string of the molecule is COc1ccc(/C=N/N(C(=O)c2ccc(S(=O)(=O)N3CCCC(C)C3)cc2)c2nc3ccc(C)cc3s2)cc1. The van der Waals surface area contributed by atoms with Crippen LogP contribution in [0.4, 0.5) is 5.13 Å². The third-order valence-corrected chi connectivity index (χ3v) is 9.58. The van der Waals surface area contributed by atoms with E-state index in [1.165, 1.54) is 44.9 Å². The number of aromatic nitrogens is 1. The fourth-order valence-electron chi connectivity index (χ4n) is 4.52. The van der Waals surface area contributed by atoms with Gasteiger partial charge in [-0.05, 0) is 97.5 Å². The van der Waals surface area contributed by atoms with Crippen LogP contribution >= 0.6 is 11.3 Å². The molecule has 1 saturated heterocycles. The van der Waals surface area contributed by atoms with Gasteiger partial charge in [0.1, 0.15) is 5.75 Å². The minimum atomic E-state index is -3.62.